The predicted octanol–water partition coefficient (Wildman–Crippen LogP) is 0.699. The topological polar surface area (TPSA) is 113 Å². The lowest BCUT2D eigenvalue weighted by atomic mass is 9.99. The van der Waals surface area contributed by atoms with Gasteiger partial charge in [0.15, 0.2) is 5.60 Å². The Balaban J connectivity index is 2.14. The van der Waals surface area contributed by atoms with Crippen molar-refractivity contribution in [1.29, 1.82) is 0 Å². The van der Waals surface area contributed by atoms with E-state index in [1.165, 1.54) is 16.4 Å². The summed E-state index contributed by atoms with van der Waals surface area (Å²) in [6, 6.07) is 6.02. The second kappa shape index (κ2) is 8.95. The first-order chi connectivity index (χ1) is 13.4. The van der Waals surface area contributed by atoms with Gasteiger partial charge >= 0.3 is 0 Å². The van der Waals surface area contributed by atoms with E-state index in [0.29, 0.717) is 13.1 Å². The summed E-state index contributed by atoms with van der Waals surface area (Å²) in [6.07, 6.45) is -0.214. The number of rotatable bonds is 8. The molecule has 3 N–H and O–H groups in total. The van der Waals surface area contributed by atoms with Crippen molar-refractivity contribution >= 4 is 21.6 Å². The summed E-state index contributed by atoms with van der Waals surface area (Å²) in [5, 5.41) is 9.41. The van der Waals surface area contributed by atoms with Crippen LogP contribution in [0.5, 0.6) is 0 Å². The van der Waals surface area contributed by atoms with Crippen molar-refractivity contribution in [1.82, 2.24) is 4.31 Å². The molecule has 0 spiro atoms. The molecule has 1 fully saturated rings. The summed E-state index contributed by atoms with van der Waals surface area (Å²) in [5.74, 6) is -1.89. The summed E-state index contributed by atoms with van der Waals surface area (Å²) in [5.41, 5.74) is 3.67. The molecule has 10 heteroatoms. The van der Waals surface area contributed by atoms with Crippen molar-refractivity contribution in [3.63, 3.8) is 0 Å². The third kappa shape index (κ3) is 6.11. The van der Waals surface area contributed by atoms with Crippen LogP contribution in [0.3, 0.4) is 0 Å². The van der Waals surface area contributed by atoms with E-state index in [0.717, 1.165) is 5.69 Å². The molecular weight excluding hydrogens is 401 g/mol. The highest BCUT2D eigenvalue weighted by Gasteiger charge is 2.46. The molecule has 0 aliphatic carbocycles. The molecule has 1 aliphatic heterocycles. The molecule has 0 radical (unpaired) electrons. The maximum atomic E-state index is 13.1. The molecule has 8 nitrogen and oxygen atoms in total. The van der Waals surface area contributed by atoms with Crippen molar-refractivity contribution in [2.75, 3.05) is 43.4 Å². The Morgan fingerprint density at radius 1 is 1.17 bits per heavy atom. The molecule has 1 amide bonds. The zero-order chi connectivity index (χ0) is 21.9. The first-order valence-electron chi connectivity index (χ1n) is 9.48. The minimum atomic E-state index is -3.88. The van der Waals surface area contributed by atoms with Gasteiger partial charge in [0.1, 0.15) is 11.6 Å². The number of nitrogens with two attached hydrogens (primary N) is 1. The third-order valence-electron chi connectivity index (χ3n) is 4.71. The van der Waals surface area contributed by atoms with Gasteiger partial charge in [0.2, 0.25) is 10.0 Å². The molecule has 0 bridgehead atoms. The molecular formula is C19H30FN3O5S. The fraction of sp³-hybridized carbons (Fsp3) is 0.632. The van der Waals surface area contributed by atoms with E-state index in [-0.39, 0.29) is 25.3 Å². The van der Waals surface area contributed by atoms with Crippen LogP contribution in [0, 0.1) is 5.82 Å². The second-order valence-electron chi connectivity index (χ2n) is 8.17. The van der Waals surface area contributed by atoms with Gasteiger partial charge in [-0.1, -0.05) is 0 Å². The minimum absolute atomic E-state index is 0.212. The average molecular weight is 432 g/mol. The van der Waals surface area contributed by atoms with E-state index in [9.17, 15) is 22.7 Å². The highest BCUT2D eigenvalue weighted by molar-refractivity contribution is 7.89. The minimum Gasteiger partial charge on any atom is -0.396 e. The highest BCUT2D eigenvalue weighted by Crippen LogP contribution is 2.27. The predicted molar refractivity (Wildman–Crippen MR) is 108 cm³/mol. The van der Waals surface area contributed by atoms with Gasteiger partial charge in [-0.15, -0.1) is 0 Å². The average Bonchev–Trinajstić information content (AvgIpc) is 2.61. The monoisotopic (exact) mass is 431 g/mol. The highest BCUT2D eigenvalue weighted by atomic mass is 32.2. The molecule has 1 aliphatic rings. The van der Waals surface area contributed by atoms with Crippen LogP contribution in [-0.4, -0.2) is 73.5 Å². The maximum absolute atomic E-state index is 13.1. The molecule has 1 aromatic carbocycles. The maximum Gasteiger partial charge on any atom is 0.250 e. The summed E-state index contributed by atoms with van der Waals surface area (Å²) in [6.45, 7) is 5.91. The number of hydrogen-bond acceptors (Lipinski definition) is 6. The van der Waals surface area contributed by atoms with Gasteiger partial charge < -0.3 is 20.5 Å². The summed E-state index contributed by atoms with van der Waals surface area (Å²) < 4.78 is 46.3. The van der Waals surface area contributed by atoms with Crippen LogP contribution in [0.15, 0.2) is 24.3 Å². The van der Waals surface area contributed by atoms with Crippen LogP contribution < -0.4 is 10.6 Å². The quantitative estimate of drug-likeness (QED) is 0.626. The summed E-state index contributed by atoms with van der Waals surface area (Å²) in [7, 11) is -3.88. The van der Waals surface area contributed by atoms with Crippen molar-refractivity contribution in [2.45, 2.75) is 38.4 Å². The van der Waals surface area contributed by atoms with Crippen LogP contribution in [-0.2, 0) is 19.6 Å². The van der Waals surface area contributed by atoms with E-state index in [1.807, 2.05) is 4.90 Å². The molecule has 1 atom stereocenters. The van der Waals surface area contributed by atoms with Crippen LogP contribution >= 0.6 is 0 Å². The molecule has 0 saturated carbocycles. The number of nitrogens with zero attached hydrogens (tertiary/aromatic N) is 2. The van der Waals surface area contributed by atoms with Gasteiger partial charge in [-0.3, -0.25) is 4.79 Å². The Hall–Kier alpha value is -1.75. The summed E-state index contributed by atoms with van der Waals surface area (Å²) >= 11 is 0. The molecule has 1 aromatic rings. The molecule has 1 heterocycles. The molecule has 0 aromatic heterocycles. The van der Waals surface area contributed by atoms with Crippen molar-refractivity contribution in [3.8, 4) is 0 Å². The van der Waals surface area contributed by atoms with E-state index in [1.54, 1.807) is 32.9 Å². The number of ether oxygens (including phenoxy) is 1. The molecule has 1 unspecified atom stereocenters. The zero-order valence-corrected chi connectivity index (χ0v) is 17.9. The van der Waals surface area contributed by atoms with Crippen LogP contribution in [0.1, 0.15) is 27.2 Å². The lowest BCUT2D eigenvalue weighted by molar-refractivity contribution is -0.162. The SMILES string of the molecule is CC(C)(C)OC(CCO)(CS(=O)(=O)N1CCN(c2ccc(F)cc2)CC1)C(N)=O. The Bertz CT molecular complexity index is 802. The molecule has 29 heavy (non-hydrogen) atoms. The number of carbonyl (C=O) groups excluding carboxylic acids is 1. The van der Waals surface area contributed by atoms with E-state index >= 15 is 0 Å². The lowest BCUT2D eigenvalue weighted by Crippen LogP contribution is -2.58. The summed E-state index contributed by atoms with van der Waals surface area (Å²) in [4.78, 5) is 14.1. The van der Waals surface area contributed by atoms with Crippen LogP contribution in [0.4, 0.5) is 10.1 Å². The molecule has 164 valence electrons. The fourth-order valence-corrected chi connectivity index (χ4v) is 5.26. The normalized spacial score (nSPS) is 18.4. The number of hydrogen-bond donors (Lipinski definition) is 2. The zero-order valence-electron chi connectivity index (χ0n) is 17.1. The van der Waals surface area contributed by atoms with Crippen LogP contribution in [0.25, 0.3) is 0 Å². The largest absolute Gasteiger partial charge is 0.396 e. The number of anilines is 1. The number of benzene rings is 1. The van der Waals surface area contributed by atoms with Crippen LogP contribution in [0.2, 0.25) is 0 Å². The van der Waals surface area contributed by atoms with Crippen molar-refractivity contribution < 1.29 is 27.4 Å². The first-order valence-corrected chi connectivity index (χ1v) is 11.1. The number of sulfonamides is 1. The van der Waals surface area contributed by atoms with E-state index in [4.69, 9.17) is 10.5 Å². The Labute approximate surface area is 171 Å². The lowest BCUT2D eigenvalue weighted by Gasteiger charge is -2.40. The Morgan fingerprint density at radius 3 is 2.17 bits per heavy atom. The first kappa shape index (κ1) is 23.5. The smallest absolute Gasteiger partial charge is 0.250 e. The second-order valence-corrected chi connectivity index (χ2v) is 10.1. The van der Waals surface area contributed by atoms with Gasteiger partial charge in [0.25, 0.3) is 5.91 Å². The third-order valence-corrected chi connectivity index (χ3v) is 6.69. The van der Waals surface area contributed by atoms with Gasteiger partial charge in [-0.25, -0.2) is 12.8 Å². The Morgan fingerprint density at radius 2 is 1.72 bits per heavy atom. The Kier molecular flexibility index (Phi) is 7.26. The van der Waals surface area contributed by atoms with E-state index in [2.05, 4.69) is 0 Å². The number of carbonyl (C=O) groups is 1. The number of halogens is 1. The molecule has 2 rings (SSSR count). The fourth-order valence-electron chi connectivity index (χ4n) is 3.43. The van der Waals surface area contributed by atoms with E-state index < -0.39 is 39.5 Å². The van der Waals surface area contributed by atoms with Crippen molar-refractivity contribution in [3.05, 3.63) is 30.1 Å². The number of piperazine rings is 1. The van der Waals surface area contributed by atoms with Gasteiger partial charge in [0, 0.05) is 44.9 Å². The van der Waals surface area contributed by atoms with Gasteiger partial charge in [0.05, 0.1) is 5.60 Å². The molecule has 1 saturated heterocycles. The van der Waals surface area contributed by atoms with Gasteiger partial charge in [-0.05, 0) is 45.0 Å². The number of primary amides is 1. The standard InChI is InChI=1S/C19H30FN3O5S/c1-18(2,3)28-19(8-13-24,17(21)25)14-29(26,27)23-11-9-22(10-12-23)16-6-4-15(20)5-7-16/h4-7,24H,8-14H2,1-3H3,(H2,21,25). The number of aliphatic hydroxyl groups excluding tert-OH is 1. The number of amides is 1. The number of aliphatic hydroxyl groups is 1. The van der Waals surface area contributed by atoms with Crippen molar-refractivity contribution in [2.24, 2.45) is 5.73 Å². The van der Waals surface area contributed by atoms with Gasteiger partial charge in [-0.2, -0.15) is 4.31 Å².